The molecule has 1 rings (SSSR count). The van der Waals surface area contributed by atoms with Crippen molar-refractivity contribution in [2.75, 3.05) is 14.2 Å². The Morgan fingerprint density at radius 3 is 1.50 bits per heavy atom. The zero-order valence-electron chi connectivity index (χ0n) is 6.68. The molecule has 0 radical (unpaired) electrons. The van der Waals surface area contributed by atoms with Gasteiger partial charge < -0.3 is 9.47 Å². The minimum Gasteiger partial charge on any atom is -0.451 e. The number of hydrogen-bond donors (Lipinski definition) is 0. The van der Waals surface area contributed by atoms with Crippen LogP contribution in [0.1, 0.15) is 0 Å². The van der Waals surface area contributed by atoms with Crippen LogP contribution in [0.4, 0.5) is 9.59 Å². The fourth-order valence-corrected chi connectivity index (χ4v) is 0.685. The van der Waals surface area contributed by atoms with E-state index in [0.29, 0.717) is 0 Å². The summed E-state index contributed by atoms with van der Waals surface area (Å²) in [6, 6.07) is 0. The van der Waals surface area contributed by atoms with E-state index in [1.165, 1.54) is 26.6 Å². The molecule has 0 amide bonds. The Bertz CT molecular complexity index is 269. The number of ether oxygens (including phenoxy) is 2. The predicted octanol–water partition coefficient (Wildman–Crippen LogP) is 0.519. The first-order valence-corrected chi connectivity index (χ1v) is 3.13. The molecule has 0 bridgehead atoms. The van der Waals surface area contributed by atoms with Gasteiger partial charge in [-0.05, 0) is 0 Å². The van der Waals surface area contributed by atoms with Crippen molar-refractivity contribution in [1.29, 1.82) is 0 Å². The van der Waals surface area contributed by atoms with Crippen LogP contribution < -0.4 is 0 Å². The Morgan fingerprint density at radius 1 is 1.00 bits per heavy atom. The van der Waals surface area contributed by atoms with E-state index in [2.05, 4.69) is 9.47 Å². The van der Waals surface area contributed by atoms with Crippen LogP contribution in [-0.4, -0.2) is 35.8 Å². The third kappa shape index (κ3) is 1.18. The minimum absolute atomic E-state index is 0.636. The number of rotatable bonds is 0. The summed E-state index contributed by atoms with van der Waals surface area (Å²) in [7, 11) is 2.45. The SMILES string of the molecule is COC(=O)n1ccn1C(=O)OC. The van der Waals surface area contributed by atoms with Crippen molar-refractivity contribution in [2.24, 2.45) is 0 Å². The summed E-state index contributed by atoms with van der Waals surface area (Å²) in [6.07, 6.45) is 1.51. The molecule has 1 aromatic rings. The summed E-state index contributed by atoms with van der Waals surface area (Å²) < 4.78 is 10.7. The maximum atomic E-state index is 10.8. The van der Waals surface area contributed by atoms with Crippen LogP contribution in [0.15, 0.2) is 12.4 Å². The second-order valence-corrected chi connectivity index (χ2v) is 1.93. The van der Waals surface area contributed by atoms with Gasteiger partial charge in [0.15, 0.2) is 0 Å². The highest BCUT2D eigenvalue weighted by Crippen LogP contribution is 1.97. The number of carbonyl (C=O) groups is 2. The van der Waals surface area contributed by atoms with Crippen molar-refractivity contribution < 1.29 is 19.1 Å². The van der Waals surface area contributed by atoms with E-state index in [4.69, 9.17) is 0 Å². The highest BCUT2D eigenvalue weighted by atomic mass is 16.6. The van der Waals surface area contributed by atoms with Crippen LogP contribution >= 0.6 is 0 Å². The molecule has 1 aromatic heterocycles. The molecule has 0 aliphatic heterocycles. The second kappa shape index (κ2) is 3.12. The fraction of sp³-hybridized carbons (Fsp3) is 0.333. The molecule has 12 heavy (non-hydrogen) atoms. The molecule has 6 heteroatoms. The topological polar surface area (TPSA) is 62.5 Å². The van der Waals surface area contributed by atoms with Crippen molar-refractivity contribution in [3.63, 3.8) is 0 Å². The average Bonchev–Trinajstić information content (AvgIpc) is 2.02. The molecule has 0 saturated heterocycles. The van der Waals surface area contributed by atoms with Gasteiger partial charge in [0.2, 0.25) is 0 Å². The highest BCUT2D eigenvalue weighted by Gasteiger charge is 2.15. The van der Waals surface area contributed by atoms with Gasteiger partial charge in [-0.15, -0.1) is 0 Å². The quantitative estimate of drug-likeness (QED) is 0.572. The first kappa shape index (κ1) is 8.38. The maximum Gasteiger partial charge on any atom is 0.433 e. The zero-order chi connectivity index (χ0) is 9.14. The molecule has 0 unspecified atom stereocenters. The first-order valence-electron chi connectivity index (χ1n) is 3.13. The van der Waals surface area contributed by atoms with E-state index >= 15 is 0 Å². The Balaban J connectivity index is 2.79. The smallest absolute Gasteiger partial charge is 0.433 e. The van der Waals surface area contributed by atoms with Crippen molar-refractivity contribution in [2.45, 2.75) is 0 Å². The van der Waals surface area contributed by atoms with E-state index in [9.17, 15) is 9.59 Å². The standard InChI is InChI=1S/C6H8N2O4/c1-11-5(9)7-3-4-8(7)6(10)12-2/h3-4H,1-2H3. The van der Waals surface area contributed by atoms with E-state index in [1.54, 1.807) is 0 Å². The van der Waals surface area contributed by atoms with Gasteiger partial charge in [-0.25, -0.2) is 9.59 Å². The van der Waals surface area contributed by atoms with Gasteiger partial charge in [-0.2, -0.15) is 9.36 Å². The lowest BCUT2D eigenvalue weighted by atomic mass is 10.7. The van der Waals surface area contributed by atoms with E-state index in [1.807, 2.05) is 0 Å². The summed E-state index contributed by atoms with van der Waals surface area (Å²) in [6.45, 7) is 0. The van der Waals surface area contributed by atoms with Gasteiger partial charge in [0.25, 0.3) is 0 Å². The lowest BCUT2D eigenvalue weighted by molar-refractivity contribution is 0.143. The van der Waals surface area contributed by atoms with E-state index in [-0.39, 0.29) is 0 Å². The van der Waals surface area contributed by atoms with Crippen LogP contribution in [0.5, 0.6) is 0 Å². The first-order chi connectivity index (χ1) is 5.70. The summed E-state index contributed by atoms with van der Waals surface area (Å²) in [5, 5.41) is 0. The summed E-state index contributed by atoms with van der Waals surface area (Å²) in [4.78, 5) is 21.7. The van der Waals surface area contributed by atoms with Gasteiger partial charge in [0, 0.05) is 0 Å². The number of hydrogen-bond acceptors (Lipinski definition) is 4. The lowest BCUT2D eigenvalue weighted by Crippen LogP contribution is -2.31. The summed E-state index contributed by atoms with van der Waals surface area (Å²) >= 11 is 0. The number of methoxy groups -OCH3 is 2. The summed E-state index contributed by atoms with van der Waals surface area (Å²) in [5.41, 5.74) is 0. The summed E-state index contributed by atoms with van der Waals surface area (Å²) in [5.74, 6) is 0. The Labute approximate surface area is 68.2 Å². The molecule has 0 atom stereocenters. The molecular weight excluding hydrogens is 164 g/mol. The molecule has 0 fully saturated rings. The molecule has 66 valence electrons. The minimum atomic E-state index is -0.636. The van der Waals surface area contributed by atoms with Gasteiger partial charge in [0.05, 0.1) is 26.6 Å². The van der Waals surface area contributed by atoms with Crippen LogP contribution in [0, 0.1) is 0 Å². The highest BCUT2D eigenvalue weighted by molar-refractivity contribution is 5.76. The predicted molar refractivity (Wildman–Crippen MR) is 38.0 cm³/mol. The van der Waals surface area contributed by atoms with Gasteiger partial charge in [-0.1, -0.05) is 0 Å². The van der Waals surface area contributed by atoms with Crippen molar-refractivity contribution in [3.05, 3.63) is 12.4 Å². The molecule has 6 nitrogen and oxygen atoms in total. The van der Waals surface area contributed by atoms with Crippen molar-refractivity contribution >= 4 is 12.2 Å². The molecule has 0 spiro atoms. The van der Waals surface area contributed by atoms with Crippen molar-refractivity contribution in [3.8, 4) is 0 Å². The fourth-order valence-electron chi connectivity index (χ4n) is 0.685. The molecule has 0 saturated carbocycles. The third-order valence-electron chi connectivity index (χ3n) is 1.30. The molecule has 0 aliphatic carbocycles. The van der Waals surface area contributed by atoms with Crippen molar-refractivity contribution in [1.82, 2.24) is 9.36 Å². The second-order valence-electron chi connectivity index (χ2n) is 1.93. The molecule has 1 heterocycles. The average molecular weight is 172 g/mol. The van der Waals surface area contributed by atoms with Gasteiger partial charge >= 0.3 is 12.2 Å². The Hall–Kier alpha value is -1.72. The zero-order valence-corrected chi connectivity index (χ0v) is 6.68. The van der Waals surface area contributed by atoms with Crippen LogP contribution in [0.2, 0.25) is 0 Å². The molecule has 0 N–H and O–H groups in total. The monoisotopic (exact) mass is 172 g/mol. The number of nitrogens with zero attached hydrogens (tertiary/aromatic N) is 2. The largest absolute Gasteiger partial charge is 0.451 e. The Morgan fingerprint density at radius 2 is 1.33 bits per heavy atom. The maximum absolute atomic E-state index is 10.8. The number of carbonyl (C=O) groups excluding carboxylic acids is 2. The van der Waals surface area contributed by atoms with Crippen LogP contribution in [0.3, 0.4) is 0 Å². The Kier molecular flexibility index (Phi) is 2.18. The molecule has 0 aromatic carbocycles. The van der Waals surface area contributed by atoms with Gasteiger partial charge in [-0.3, -0.25) is 0 Å². The molecule has 0 aliphatic rings. The normalized spacial score (nSPS) is 9.50. The van der Waals surface area contributed by atoms with Gasteiger partial charge in [0.1, 0.15) is 0 Å². The third-order valence-corrected chi connectivity index (χ3v) is 1.30. The lowest BCUT2D eigenvalue weighted by Gasteiger charge is -2.14. The van der Waals surface area contributed by atoms with E-state index in [0.717, 1.165) is 9.36 Å². The van der Waals surface area contributed by atoms with E-state index < -0.39 is 12.2 Å². The number of aromatic nitrogens is 2. The molecular formula is C6H8N2O4. The van der Waals surface area contributed by atoms with Crippen LogP contribution in [0.25, 0.3) is 0 Å². The van der Waals surface area contributed by atoms with Crippen LogP contribution in [-0.2, 0) is 9.47 Å².